The third-order valence-electron chi connectivity index (χ3n) is 4.23. The standard InChI is InChI=1S/C19H23N3O4S/c1-11-9-22(10-12(2)25-11)18(23)14(4)26-19(24)16-13(3)21-17(27-16)15-7-5-6-8-20-15/h5-8,11-12,14H,9-10H2,1-4H3/t11-,12+,14-/m0/s1. The van der Waals surface area contributed by atoms with Gasteiger partial charge in [0.25, 0.3) is 5.91 Å². The number of amides is 1. The Bertz CT molecular complexity index is 814. The lowest BCUT2D eigenvalue weighted by molar-refractivity contribution is -0.151. The summed E-state index contributed by atoms with van der Waals surface area (Å²) in [4.78, 5) is 35.9. The van der Waals surface area contributed by atoms with E-state index in [1.165, 1.54) is 11.3 Å². The summed E-state index contributed by atoms with van der Waals surface area (Å²) in [5.41, 5.74) is 1.27. The molecule has 1 aliphatic rings. The molecule has 0 saturated carbocycles. The van der Waals surface area contributed by atoms with E-state index in [0.717, 1.165) is 0 Å². The number of morpholine rings is 1. The fourth-order valence-corrected chi connectivity index (χ4v) is 3.99. The predicted octanol–water partition coefficient (Wildman–Crippen LogP) is 2.69. The molecule has 1 amide bonds. The van der Waals surface area contributed by atoms with E-state index < -0.39 is 12.1 Å². The molecule has 144 valence electrons. The maximum Gasteiger partial charge on any atom is 0.351 e. The fourth-order valence-electron chi connectivity index (χ4n) is 3.06. The molecule has 8 heteroatoms. The van der Waals surface area contributed by atoms with Crippen LogP contribution in [-0.2, 0) is 14.3 Å². The summed E-state index contributed by atoms with van der Waals surface area (Å²) in [5, 5.41) is 0.648. The van der Waals surface area contributed by atoms with Gasteiger partial charge >= 0.3 is 5.97 Å². The van der Waals surface area contributed by atoms with Crippen LogP contribution in [0.3, 0.4) is 0 Å². The zero-order chi connectivity index (χ0) is 19.6. The molecule has 0 aliphatic carbocycles. The first kappa shape index (κ1) is 19.4. The zero-order valence-electron chi connectivity index (χ0n) is 15.8. The number of esters is 1. The van der Waals surface area contributed by atoms with E-state index >= 15 is 0 Å². The first-order chi connectivity index (χ1) is 12.8. The monoisotopic (exact) mass is 389 g/mol. The van der Waals surface area contributed by atoms with Gasteiger partial charge < -0.3 is 14.4 Å². The minimum absolute atomic E-state index is 0.0368. The lowest BCUT2D eigenvalue weighted by Crippen LogP contribution is -2.51. The van der Waals surface area contributed by atoms with Crippen molar-refractivity contribution in [3.8, 4) is 10.7 Å². The quantitative estimate of drug-likeness (QED) is 0.748. The summed E-state index contributed by atoms with van der Waals surface area (Å²) in [7, 11) is 0. The number of nitrogens with zero attached hydrogens (tertiary/aromatic N) is 3. The number of hydrogen-bond donors (Lipinski definition) is 0. The van der Waals surface area contributed by atoms with Gasteiger partial charge in [-0.1, -0.05) is 6.07 Å². The van der Waals surface area contributed by atoms with Gasteiger partial charge in [0.15, 0.2) is 6.10 Å². The zero-order valence-corrected chi connectivity index (χ0v) is 16.7. The molecule has 0 spiro atoms. The molecule has 0 N–H and O–H groups in total. The van der Waals surface area contributed by atoms with Crippen LogP contribution in [0.25, 0.3) is 10.7 Å². The molecule has 0 radical (unpaired) electrons. The normalized spacial score (nSPS) is 21.0. The van der Waals surface area contributed by atoms with Crippen LogP contribution in [0.5, 0.6) is 0 Å². The highest BCUT2D eigenvalue weighted by Crippen LogP contribution is 2.27. The number of pyridine rings is 1. The van der Waals surface area contributed by atoms with Crippen LogP contribution in [0.1, 0.15) is 36.1 Å². The minimum atomic E-state index is -0.866. The summed E-state index contributed by atoms with van der Waals surface area (Å²) < 4.78 is 11.1. The molecule has 7 nitrogen and oxygen atoms in total. The second kappa shape index (κ2) is 8.14. The highest BCUT2D eigenvalue weighted by atomic mass is 32.1. The Morgan fingerprint density at radius 3 is 2.63 bits per heavy atom. The molecular formula is C19H23N3O4S. The molecule has 27 heavy (non-hydrogen) atoms. The molecule has 3 atom stereocenters. The number of aromatic nitrogens is 2. The van der Waals surface area contributed by atoms with E-state index in [-0.39, 0.29) is 18.1 Å². The number of hydrogen-bond acceptors (Lipinski definition) is 7. The molecule has 3 heterocycles. The van der Waals surface area contributed by atoms with E-state index in [0.29, 0.717) is 34.4 Å². The number of ether oxygens (including phenoxy) is 2. The van der Waals surface area contributed by atoms with Crippen molar-refractivity contribution >= 4 is 23.2 Å². The average Bonchev–Trinajstić information content (AvgIpc) is 3.03. The van der Waals surface area contributed by atoms with Gasteiger partial charge in [-0.05, 0) is 39.8 Å². The van der Waals surface area contributed by atoms with Gasteiger partial charge in [-0.3, -0.25) is 9.78 Å². The van der Waals surface area contributed by atoms with Crippen molar-refractivity contribution in [3.63, 3.8) is 0 Å². The van der Waals surface area contributed by atoms with E-state index in [2.05, 4.69) is 9.97 Å². The average molecular weight is 389 g/mol. The molecule has 0 aromatic carbocycles. The van der Waals surface area contributed by atoms with Gasteiger partial charge in [0, 0.05) is 19.3 Å². The summed E-state index contributed by atoms with van der Waals surface area (Å²) in [6.07, 6.45) is 0.736. The van der Waals surface area contributed by atoms with E-state index in [9.17, 15) is 9.59 Å². The molecule has 2 aromatic rings. The molecular weight excluding hydrogens is 366 g/mol. The van der Waals surface area contributed by atoms with Crippen LogP contribution in [0.2, 0.25) is 0 Å². The molecule has 1 saturated heterocycles. The highest BCUT2D eigenvalue weighted by Gasteiger charge is 2.31. The highest BCUT2D eigenvalue weighted by molar-refractivity contribution is 7.17. The van der Waals surface area contributed by atoms with E-state index in [4.69, 9.17) is 9.47 Å². The molecule has 0 unspecified atom stereocenters. The number of rotatable bonds is 4. The summed E-state index contributed by atoms with van der Waals surface area (Å²) in [6.45, 7) is 8.18. The Morgan fingerprint density at radius 1 is 1.30 bits per heavy atom. The fraction of sp³-hybridized carbons (Fsp3) is 0.474. The topological polar surface area (TPSA) is 81.6 Å². The van der Waals surface area contributed by atoms with Gasteiger partial charge in [0.2, 0.25) is 0 Å². The largest absolute Gasteiger partial charge is 0.448 e. The Hall–Kier alpha value is -2.32. The summed E-state index contributed by atoms with van der Waals surface area (Å²) in [6, 6.07) is 5.52. The number of carbonyl (C=O) groups is 2. The second-order valence-corrected chi connectivity index (χ2v) is 7.70. The number of aryl methyl sites for hydroxylation is 1. The van der Waals surface area contributed by atoms with Crippen LogP contribution < -0.4 is 0 Å². The predicted molar refractivity (Wildman–Crippen MR) is 102 cm³/mol. The summed E-state index contributed by atoms with van der Waals surface area (Å²) >= 11 is 1.22. The molecule has 1 aliphatic heterocycles. The Balaban J connectivity index is 1.68. The first-order valence-electron chi connectivity index (χ1n) is 8.89. The third kappa shape index (κ3) is 4.51. The number of thiazole rings is 1. The van der Waals surface area contributed by atoms with Crippen LogP contribution in [-0.4, -0.2) is 58.1 Å². The molecule has 2 aromatic heterocycles. The molecule has 0 bridgehead atoms. The van der Waals surface area contributed by atoms with Crippen molar-refractivity contribution in [1.82, 2.24) is 14.9 Å². The lowest BCUT2D eigenvalue weighted by atomic mass is 10.2. The Kier molecular flexibility index (Phi) is 5.86. The van der Waals surface area contributed by atoms with Crippen molar-refractivity contribution < 1.29 is 19.1 Å². The second-order valence-electron chi connectivity index (χ2n) is 6.70. The minimum Gasteiger partial charge on any atom is -0.448 e. The maximum absolute atomic E-state index is 12.6. The maximum atomic E-state index is 12.6. The van der Waals surface area contributed by atoms with Crippen molar-refractivity contribution in [2.45, 2.75) is 46.0 Å². The van der Waals surface area contributed by atoms with E-state index in [1.807, 2.05) is 32.0 Å². The van der Waals surface area contributed by atoms with Gasteiger partial charge in [-0.25, -0.2) is 9.78 Å². The summed E-state index contributed by atoms with van der Waals surface area (Å²) in [5.74, 6) is -0.750. The third-order valence-corrected chi connectivity index (χ3v) is 5.39. The van der Waals surface area contributed by atoms with Crippen molar-refractivity contribution in [2.75, 3.05) is 13.1 Å². The van der Waals surface area contributed by atoms with E-state index in [1.54, 1.807) is 24.9 Å². The van der Waals surface area contributed by atoms with Crippen LogP contribution in [0, 0.1) is 6.92 Å². The van der Waals surface area contributed by atoms with Crippen LogP contribution >= 0.6 is 11.3 Å². The van der Waals surface area contributed by atoms with Crippen molar-refractivity contribution in [1.29, 1.82) is 0 Å². The molecule has 1 fully saturated rings. The van der Waals surface area contributed by atoms with Gasteiger partial charge in [0.1, 0.15) is 9.88 Å². The van der Waals surface area contributed by atoms with Gasteiger partial charge in [0.05, 0.1) is 23.6 Å². The van der Waals surface area contributed by atoms with Crippen molar-refractivity contribution in [3.05, 3.63) is 35.0 Å². The molecule has 3 rings (SSSR count). The number of carbonyl (C=O) groups excluding carboxylic acids is 2. The van der Waals surface area contributed by atoms with Crippen LogP contribution in [0.4, 0.5) is 0 Å². The Labute approximate surface area is 162 Å². The van der Waals surface area contributed by atoms with Gasteiger partial charge in [-0.15, -0.1) is 11.3 Å². The first-order valence-corrected chi connectivity index (χ1v) is 9.71. The van der Waals surface area contributed by atoms with Gasteiger partial charge in [-0.2, -0.15) is 0 Å². The SMILES string of the molecule is Cc1nc(-c2ccccn2)sc1C(=O)O[C@@H](C)C(=O)N1C[C@@H](C)O[C@@H](C)C1. The van der Waals surface area contributed by atoms with Crippen LogP contribution in [0.15, 0.2) is 24.4 Å². The Morgan fingerprint density at radius 2 is 2.00 bits per heavy atom. The van der Waals surface area contributed by atoms with Crippen molar-refractivity contribution in [2.24, 2.45) is 0 Å². The smallest absolute Gasteiger partial charge is 0.351 e. The lowest BCUT2D eigenvalue weighted by Gasteiger charge is -2.36.